The monoisotopic (exact) mass is 312 g/mol. The summed E-state index contributed by atoms with van der Waals surface area (Å²) >= 11 is 0. The van der Waals surface area contributed by atoms with Crippen LogP contribution in [0.15, 0.2) is 6.20 Å². The Balaban J connectivity index is 1.72. The van der Waals surface area contributed by atoms with Crippen LogP contribution in [0.25, 0.3) is 0 Å². The van der Waals surface area contributed by atoms with Crippen molar-refractivity contribution in [2.45, 2.75) is 38.6 Å². The van der Waals surface area contributed by atoms with Gasteiger partial charge in [0, 0.05) is 31.3 Å². The summed E-state index contributed by atoms with van der Waals surface area (Å²) in [6.07, 6.45) is 5.24. The molecular weight excluding hydrogens is 292 g/mol. The fraction of sp³-hybridized carbons (Fsp3) is 0.714. The van der Waals surface area contributed by atoms with Gasteiger partial charge in [0.2, 0.25) is 0 Å². The highest BCUT2D eigenvalue weighted by atomic mass is 32.2. The molecule has 3 heterocycles. The van der Waals surface area contributed by atoms with Gasteiger partial charge in [-0.25, -0.2) is 13.4 Å². The molecule has 2 unspecified atom stereocenters. The predicted octanol–water partition coefficient (Wildman–Crippen LogP) is 0.897. The summed E-state index contributed by atoms with van der Waals surface area (Å²) < 4.78 is 25.5. The Morgan fingerprint density at radius 3 is 2.95 bits per heavy atom. The highest BCUT2D eigenvalue weighted by Gasteiger charge is 2.29. The summed E-state index contributed by atoms with van der Waals surface area (Å²) in [5.41, 5.74) is 0.960. The molecular formula is C14H20N2O4S. The van der Waals surface area contributed by atoms with Crippen LogP contribution < -0.4 is 0 Å². The lowest BCUT2D eigenvalue weighted by molar-refractivity contribution is -0.142. The van der Waals surface area contributed by atoms with Gasteiger partial charge in [-0.3, -0.25) is 4.79 Å². The first-order chi connectivity index (χ1) is 9.94. The Morgan fingerprint density at radius 2 is 2.24 bits per heavy atom. The minimum atomic E-state index is -2.89. The van der Waals surface area contributed by atoms with Gasteiger partial charge in [-0.05, 0) is 25.2 Å². The van der Waals surface area contributed by atoms with Crippen LogP contribution >= 0.6 is 0 Å². The number of sulfone groups is 1. The standard InChI is InChI=1S/C14H20N2O4S/c17-14(18)11-3-4-16-12(7-11)8-15-13(16)6-10-2-1-5-21(19,20)9-10/h8,10-11H,1-7,9H2,(H,17,18). The number of hydrogen-bond acceptors (Lipinski definition) is 4. The Bertz CT molecular complexity index is 650. The van der Waals surface area contributed by atoms with Gasteiger partial charge in [-0.15, -0.1) is 0 Å². The molecule has 1 aromatic rings. The molecule has 1 fully saturated rings. The molecule has 0 aromatic carbocycles. The Kier molecular flexibility index (Phi) is 3.77. The quantitative estimate of drug-likeness (QED) is 0.895. The van der Waals surface area contributed by atoms with Crippen LogP contribution in [0.1, 0.15) is 30.8 Å². The summed E-state index contributed by atoms with van der Waals surface area (Å²) in [5.74, 6) is 0.555. The van der Waals surface area contributed by atoms with E-state index in [1.165, 1.54) is 0 Å². The van der Waals surface area contributed by atoms with Crippen LogP contribution in [0, 0.1) is 11.8 Å². The molecule has 1 saturated heterocycles. The fourth-order valence-corrected chi connectivity index (χ4v) is 5.22. The lowest BCUT2D eigenvalue weighted by atomic mass is 9.96. The van der Waals surface area contributed by atoms with E-state index in [0.717, 1.165) is 24.4 Å². The molecule has 1 aromatic heterocycles. The smallest absolute Gasteiger partial charge is 0.306 e. The number of aliphatic carboxylic acids is 1. The Morgan fingerprint density at radius 1 is 1.43 bits per heavy atom. The number of carboxylic acid groups (broad SMARTS) is 1. The number of aromatic nitrogens is 2. The van der Waals surface area contributed by atoms with Gasteiger partial charge in [0.05, 0.1) is 17.4 Å². The number of hydrogen-bond donors (Lipinski definition) is 1. The number of carbonyl (C=O) groups is 1. The van der Waals surface area contributed by atoms with Crippen LogP contribution in [0.3, 0.4) is 0 Å². The van der Waals surface area contributed by atoms with Crippen molar-refractivity contribution >= 4 is 15.8 Å². The zero-order valence-electron chi connectivity index (χ0n) is 11.9. The summed E-state index contributed by atoms with van der Waals surface area (Å²) in [7, 11) is -2.89. The number of nitrogens with zero attached hydrogens (tertiary/aromatic N) is 2. The van der Waals surface area contributed by atoms with E-state index >= 15 is 0 Å². The van der Waals surface area contributed by atoms with Gasteiger partial charge >= 0.3 is 5.97 Å². The van der Waals surface area contributed by atoms with E-state index in [2.05, 4.69) is 9.55 Å². The normalized spacial score (nSPS) is 28.0. The summed E-state index contributed by atoms with van der Waals surface area (Å²) in [6.45, 7) is 0.668. The lowest BCUT2D eigenvalue weighted by Gasteiger charge is -2.25. The third kappa shape index (κ3) is 3.12. The first kappa shape index (κ1) is 14.6. The van der Waals surface area contributed by atoms with Crippen LogP contribution in [0.5, 0.6) is 0 Å². The van der Waals surface area contributed by atoms with Crippen LogP contribution in [-0.2, 0) is 34.0 Å². The summed E-state index contributed by atoms with van der Waals surface area (Å²) in [5, 5.41) is 9.09. The van der Waals surface area contributed by atoms with E-state index in [9.17, 15) is 13.2 Å². The van der Waals surface area contributed by atoms with E-state index in [-0.39, 0.29) is 17.6 Å². The first-order valence-corrected chi connectivity index (χ1v) is 9.23. The molecule has 0 spiro atoms. The molecule has 3 rings (SSSR count). The zero-order chi connectivity index (χ0) is 15.0. The van der Waals surface area contributed by atoms with Crippen molar-refractivity contribution in [2.24, 2.45) is 11.8 Å². The van der Waals surface area contributed by atoms with Crippen molar-refractivity contribution in [1.82, 2.24) is 9.55 Å². The van der Waals surface area contributed by atoms with E-state index < -0.39 is 15.8 Å². The SMILES string of the molecule is O=C(O)C1CCn2c(cnc2CC2CCCS(=O)(=O)C2)C1. The second-order valence-corrected chi connectivity index (χ2v) is 8.40. The first-order valence-electron chi connectivity index (χ1n) is 7.41. The van der Waals surface area contributed by atoms with Crippen molar-refractivity contribution in [3.8, 4) is 0 Å². The fourth-order valence-electron chi connectivity index (χ4n) is 3.44. The Labute approximate surface area is 124 Å². The minimum Gasteiger partial charge on any atom is -0.481 e. The number of imidazole rings is 1. The van der Waals surface area contributed by atoms with Crippen LogP contribution in [-0.4, -0.2) is 40.6 Å². The molecule has 2 aliphatic heterocycles. The molecule has 0 saturated carbocycles. The molecule has 0 amide bonds. The van der Waals surface area contributed by atoms with Gasteiger partial charge in [-0.2, -0.15) is 0 Å². The molecule has 6 nitrogen and oxygen atoms in total. The third-order valence-electron chi connectivity index (χ3n) is 4.56. The van der Waals surface area contributed by atoms with Crippen LogP contribution in [0.4, 0.5) is 0 Å². The van der Waals surface area contributed by atoms with E-state index in [1.807, 2.05) is 0 Å². The van der Waals surface area contributed by atoms with Gasteiger partial charge in [-0.1, -0.05) is 0 Å². The average Bonchev–Trinajstić information content (AvgIpc) is 2.80. The maximum Gasteiger partial charge on any atom is 0.306 e. The second-order valence-electron chi connectivity index (χ2n) is 6.17. The largest absolute Gasteiger partial charge is 0.481 e. The Hall–Kier alpha value is -1.37. The average molecular weight is 312 g/mol. The zero-order valence-corrected chi connectivity index (χ0v) is 12.7. The van der Waals surface area contributed by atoms with Gasteiger partial charge in [0.15, 0.2) is 9.84 Å². The number of rotatable bonds is 3. The highest BCUT2D eigenvalue weighted by Crippen LogP contribution is 2.26. The van der Waals surface area contributed by atoms with Crippen molar-refractivity contribution < 1.29 is 18.3 Å². The third-order valence-corrected chi connectivity index (χ3v) is 6.45. The van der Waals surface area contributed by atoms with Gasteiger partial charge < -0.3 is 9.67 Å². The van der Waals surface area contributed by atoms with Crippen LogP contribution in [0.2, 0.25) is 0 Å². The molecule has 21 heavy (non-hydrogen) atoms. The summed E-state index contributed by atoms with van der Waals surface area (Å²) in [4.78, 5) is 15.5. The predicted molar refractivity (Wildman–Crippen MR) is 76.8 cm³/mol. The summed E-state index contributed by atoms with van der Waals surface area (Å²) in [6, 6.07) is 0. The molecule has 116 valence electrons. The van der Waals surface area contributed by atoms with Crippen molar-refractivity contribution in [2.75, 3.05) is 11.5 Å². The number of carboxylic acids is 1. The number of fused-ring (bicyclic) bond motifs is 1. The second kappa shape index (κ2) is 5.44. The van der Waals surface area contributed by atoms with Gasteiger partial charge in [0.25, 0.3) is 0 Å². The molecule has 1 N–H and O–H groups in total. The van der Waals surface area contributed by atoms with Crippen molar-refractivity contribution in [1.29, 1.82) is 0 Å². The molecule has 2 atom stereocenters. The highest BCUT2D eigenvalue weighted by molar-refractivity contribution is 7.91. The molecule has 0 bridgehead atoms. The van der Waals surface area contributed by atoms with Gasteiger partial charge in [0.1, 0.15) is 5.82 Å². The topological polar surface area (TPSA) is 89.3 Å². The molecule has 0 aliphatic carbocycles. The molecule has 0 radical (unpaired) electrons. The van der Waals surface area contributed by atoms with E-state index in [1.54, 1.807) is 6.20 Å². The van der Waals surface area contributed by atoms with E-state index in [4.69, 9.17) is 5.11 Å². The lowest BCUT2D eigenvalue weighted by Crippen LogP contribution is -2.29. The van der Waals surface area contributed by atoms with Crippen molar-refractivity contribution in [3.05, 3.63) is 17.7 Å². The van der Waals surface area contributed by atoms with Crippen molar-refractivity contribution in [3.63, 3.8) is 0 Å². The molecule has 7 heteroatoms. The molecule has 2 aliphatic rings. The minimum absolute atomic E-state index is 0.146. The maximum atomic E-state index is 11.7. The maximum absolute atomic E-state index is 11.7. The van der Waals surface area contributed by atoms with E-state index in [0.29, 0.717) is 31.6 Å².